The summed E-state index contributed by atoms with van der Waals surface area (Å²) >= 11 is 1.33. The summed E-state index contributed by atoms with van der Waals surface area (Å²) in [6.45, 7) is 2.11. The van der Waals surface area contributed by atoms with Gasteiger partial charge in [-0.15, -0.1) is 0 Å². The molecular formula is C8H8Ta. The molecule has 0 saturated carbocycles. The van der Waals surface area contributed by atoms with Crippen LogP contribution < -0.4 is 0 Å². The minimum atomic E-state index is 1.33. The van der Waals surface area contributed by atoms with Crippen molar-refractivity contribution in [3.8, 4) is 0 Å². The van der Waals surface area contributed by atoms with Crippen LogP contribution in [0.1, 0.15) is 11.1 Å². The normalized spacial score (nSPS) is 8.89. The van der Waals surface area contributed by atoms with E-state index in [0.29, 0.717) is 0 Å². The number of hydrogen-bond acceptors (Lipinski definition) is 0. The van der Waals surface area contributed by atoms with Gasteiger partial charge in [0.1, 0.15) is 0 Å². The standard InChI is InChI=1S/C8H8.Ta/c1-7-3-5-8(2)6-4-7;/h1,3-6H,2H3;. The second-order valence-corrected chi connectivity index (χ2v) is 2.97. The molecule has 0 spiro atoms. The van der Waals surface area contributed by atoms with Gasteiger partial charge in [-0.3, -0.25) is 0 Å². The van der Waals surface area contributed by atoms with Gasteiger partial charge < -0.3 is 0 Å². The maximum absolute atomic E-state index is 2.21. The van der Waals surface area contributed by atoms with Crippen LogP contribution in [0, 0.1) is 6.92 Å². The van der Waals surface area contributed by atoms with Crippen molar-refractivity contribution in [3.63, 3.8) is 0 Å². The van der Waals surface area contributed by atoms with E-state index < -0.39 is 0 Å². The van der Waals surface area contributed by atoms with Gasteiger partial charge in [-0.05, 0) is 0 Å². The summed E-state index contributed by atoms with van der Waals surface area (Å²) in [5, 5.41) is 0. The molecule has 0 aliphatic carbocycles. The van der Waals surface area contributed by atoms with Crippen molar-refractivity contribution in [1.29, 1.82) is 0 Å². The summed E-state index contributed by atoms with van der Waals surface area (Å²) in [5.74, 6) is 0. The zero-order valence-corrected chi connectivity index (χ0v) is 8.55. The molecule has 0 unspecified atom stereocenters. The molecule has 0 atom stereocenters. The quantitative estimate of drug-likeness (QED) is 0.736. The fourth-order valence-electron chi connectivity index (χ4n) is 0.653. The van der Waals surface area contributed by atoms with Crippen molar-refractivity contribution in [1.82, 2.24) is 0 Å². The molecule has 9 heavy (non-hydrogen) atoms. The molecule has 45 valence electrons. The Hall–Kier alpha value is -0.170. The summed E-state index contributed by atoms with van der Waals surface area (Å²) in [4.78, 5) is 0. The Balaban J connectivity index is 3.01. The van der Waals surface area contributed by atoms with E-state index >= 15 is 0 Å². The Morgan fingerprint density at radius 3 is 2.22 bits per heavy atom. The molecule has 0 heterocycles. The van der Waals surface area contributed by atoms with Crippen LogP contribution in [-0.2, 0) is 20.6 Å². The SMILES string of the molecule is Cc1ccc([CH]=[Ta])cc1. The van der Waals surface area contributed by atoms with Crippen molar-refractivity contribution < 1.29 is 20.6 Å². The topological polar surface area (TPSA) is 0 Å². The van der Waals surface area contributed by atoms with Gasteiger partial charge in [0.2, 0.25) is 0 Å². The molecule has 0 radical (unpaired) electrons. The molecule has 1 aromatic carbocycles. The number of benzene rings is 1. The average molecular weight is 285 g/mol. The Bertz CT molecular complexity index is 198. The molecular weight excluding hydrogens is 277 g/mol. The predicted molar refractivity (Wildman–Crippen MR) is 36.3 cm³/mol. The van der Waals surface area contributed by atoms with Gasteiger partial charge in [0.05, 0.1) is 0 Å². The van der Waals surface area contributed by atoms with Gasteiger partial charge >= 0.3 is 67.1 Å². The van der Waals surface area contributed by atoms with Crippen LogP contribution in [0.25, 0.3) is 0 Å². The summed E-state index contributed by atoms with van der Waals surface area (Å²) in [6, 6.07) is 8.57. The molecule has 0 aliphatic rings. The van der Waals surface area contributed by atoms with Gasteiger partial charge in [0.15, 0.2) is 0 Å². The van der Waals surface area contributed by atoms with Crippen LogP contribution >= 0.6 is 0 Å². The number of aryl methyl sites for hydroxylation is 1. The zero-order valence-electron chi connectivity index (χ0n) is 5.33. The molecule has 0 fully saturated rings. The fraction of sp³-hybridized carbons (Fsp3) is 0.125. The summed E-state index contributed by atoms with van der Waals surface area (Å²) in [5.41, 5.74) is 2.67. The molecule has 1 rings (SSSR count). The summed E-state index contributed by atoms with van der Waals surface area (Å²) in [7, 11) is 0. The van der Waals surface area contributed by atoms with Crippen LogP contribution in [-0.4, -0.2) is 4.23 Å². The Labute approximate surface area is 67.3 Å². The van der Waals surface area contributed by atoms with Crippen LogP contribution in [0.15, 0.2) is 24.3 Å². The van der Waals surface area contributed by atoms with E-state index in [2.05, 4.69) is 35.4 Å². The second-order valence-electron chi connectivity index (χ2n) is 2.04. The molecule has 0 saturated heterocycles. The fourth-order valence-corrected chi connectivity index (χ4v) is 1.27. The predicted octanol–water partition coefficient (Wildman–Crippen LogP) is 1.69. The third-order valence-electron chi connectivity index (χ3n) is 1.23. The van der Waals surface area contributed by atoms with Crippen molar-refractivity contribution in [3.05, 3.63) is 35.4 Å². The molecule has 0 aliphatic heterocycles. The molecule has 0 bridgehead atoms. The molecule has 0 amide bonds. The molecule has 0 N–H and O–H groups in total. The van der Waals surface area contributed by atoms with E-state index in [1.807, 2.05) is 0 Å². The van der Waals surface area contributed by atoms with E-state index in [1.54, 1.807) is 0 Å². The molecule has 1 heteroatoms. The average Bonchev–Trinajstić information content (AvgIpc) is 1.90. The molecule has 0 nitrogen and oxygen atoms in total. The van der Waals surface area contributed by atoms with Crippen molar-refractivity contribution in [2.45, 2.75) is 6.92 Å². The summed E-state index contributed by atoms with van der Waals surface area (Å²) in [6.07, 6.45) is 0. The van der Waals surface area contributed by atoms with E-state index in [9.17, 15) is 0 Å². The third kappa shape index (κ3) is 1.90. The van der Waals surface area contributed by atoms with Crippen LogP contribution in [0.4, 0.5) is 0 Å². The van der Waals surface area contributed by atoms with Crippen molar-refractivity contribution in [2.75, 3.05) is 0 Å². The summed E-state index contributed by atoms with van der Waals surface area (Å²) < 4.78 is 2.21. The first-order valence-corrected chi connectivity index (χ1v) is 4.72. The van der Waals surface area contributed by atoms with Gasteiger partial charge in [-0.1, -0.05) is 0 Å². The van der Waals surface area contributed by atoms with E-state index in [-0.39, 0.29) is 0 Å². The number of hydrogen-bond donors (Lipinski definition) is 0. The van der Waals surface area contributed by atoms with Gasteiger partial charge in [0, 0.05) is 0 Å². The Morgan fingerprint density at radius 1 is 1.22 bits per heavy atom. The van der Waals surface area contributed by atoms with Crippen molar-refractivity contribution >= 4 is 4.23 Å². The monoisotopic (exact) mass is 285 g/mol. The van der Waals surface area contributed by atoms with Gasteiger partial charge in [0.25, 0.3) is 0 Å². The van der Waals surface area contributed by atoms with Crippen LogP contribution in [0.3, 0.4) is 0 Å². The zero-order chi connectivity index (χ0) is 6.69. The van der Waals surface area contributed by atoms with Gasteiger partial charge in [-0.25, -0.2) is 0 Å². The Kier molecular flexibility index (Phi) is 2.40. The Morgan fingerprint density at radius 2 is 1.78 bits per heavy atom. The number of rotatable bonds is 1. The first-order chi connectivity index (χ1) is 4.33. The second kappa shape index (κ2) is 3.11. The first-order valence-electron chi connectivity index (χ1n) is 2.87. The van der Waals surface area contributed by atoms with Crippen LogP contribution in [0.5, 0.6) is 0 Å². The van der Waals surface area contributed by atoms with Crippen LogP contribution in [0.2, 0.25) is 0 Å². The molecule has 0 aromatic heterocycles. The maximum atomic E-state index is 2.21. The van der Waals surface area contributed by atoms with E-state index in [0.717, 1.165) is 0 Å². The first kappa shape index (κ1) is 6.94. The van der Waals surface area contributed by atoms with E-state index in [1.165, 1.54) is 31.7 Å². The minimum absolute atomic E-state index is 1.33. The van der Waals surface area contributed by atoms with Crippen molar-refractivity contribution in [2.24, 2.45) is 0 Å². The molecule has 1 aromatic rings. The third-order valence-corrected chi connectivity index (χ3v) is 2.30. The van der Waals surface area contributed by atoms with E-state index in [4.69, 9.17) is 0 Å². The van der Waals surface area contributed by atoms with Gasteiger partial charge in [-0.2, -0.15) is 0 Å².